The summed E-state index contributed by atoms with van der Waals surface area (Å²) in [6, 6.07) is 0. The van der Waals surface area contributed by atoms with E-state index < -0.39 is 0 Å². The maximum absolute atomic E-state index is 12.2. The molecule has 0 saturated heterocycles. The molecule has 0 bridgehead atoms. The van der Waals surface area contributed by atoms with Crippen LogP contribution in [0.2, 0.25) is 0 Å². The van der Waals surface area contributed by atoms with Crippen LogP contribution in [-0.2, 0) is 33.2 Å². The Kier molecular flexibility index (Phi) is 22.7. The van der Waals surface area contributed by atoms with Crippen molar-refractivity contribution in [2.45, 2.75) is 81.6 Å². The van der Waals surface area contributed by atoms with Gasteiger partial charge in [0.2, 0.25) is 5.91 Å². The molecule has 0 saturated carbocycles. The molecule has 0 spiro atoms. The number of ether oxygens (including phenoxy) is 6. The fraction of sp³-hybridized carbons (Fsp3) is 0.861. The standard InChI is InChI=1S/C36H71N3O7/c1-13-15-41-18-20-44-28-36(10,11)29-46-26-34(6,7)23-38-31(3)21-33(4,5)25-45-27-35(8,9)24-39-32(40)22-43-19-17-42-16-14-30(2)37-12/h37-38H,2-3,13-29H2,1,4-12H3,(H,39,40). The molecule has 46 heavy (non-hydrogen) atoms. The van der Waals surface area contributed by atoms with E-state index in [9.17, 15) is 4.79 Å². The van der Waals surface area contributed by atoms with Gasteiger partial charge in [-0.2, -0.15) is 0 Å². The summed E-state index contributed by atoms with van der Waals surface area (Å²) < 4.78 is 34.4. The SMILES string of the molecule is C=C(CCOCCOCC(=O)NCC(C)(C)COCC(C)(C)CC(=C)NCC(C)(C)COCC(C)(C)COCCOCCC)NC. The minimum Gasteiger partial charge on any atom is -0.392 e. The average Bonchev–Trinajstić information content (AvgIpc) is 2.95. The van der Waals surface area contributed by atoms with Gasteiger partial charge < -0.3 is 44.4 Å². The molecule has 0 fully saturated rings. The lowest BCUT2D eigenvalue weighted by atomic mass is 9.88. The van der Waals surface area contributed by atoms with Crippen LogP contribution in [0.4, 0.5) is 0 Å². The summed E-state index contributed by atoms with van der Waals surface area (Å²) in [5, 5.41) is 9.45. The van der Waals surface area contributed by atoms with Crippen molar-refractivity contribution in [1.82, 2.24) is 16.0 Å². The molecule has 3 N–H and O–H groups in total. The first kappa shape index (κ1) is 44.3. The van der Waals surface area contributed by atoms with Crippen molar-refractivity contribution in [2.24, 2.45) is 21.7 Å². The summed E-state index contributed by atoms with van der Waals surface area (Å²) in [6.07, 6.45) is 2.56. The largest absolute Gasteiger partial charge is 0.392 e. The Balaban J connectivity index is 4.20. The summed E-state index contributed by atoms with van der Waals surface area (Å²) in [7, 11) is 1.84. The number of allylic oxidation sites excluding steroid dienone is 1. The van der Waals surface area contributed by atoms with Gasteiger partial charge >= 0.3 is 0 Å². The van der Waals surface area contributed by atoms with Crippen LogP contribution >= 0.6 is 0 Å². The van der Waals surface area contributed by atoms with E-state index in [1.165, 1.54) is 0 Å². The molecule has 0 aliphatic rings. The number of amides is 1. The molecule has 0 aromatic rings. The Morgan fingerprint density at radius 1 is 0.565 bits per heavy atom. The molecule has 0 rings (SSSR count). The van der Waals surface area contributed by atoms with Crippen molar-refractivity contribution in [3.63, 3.8) is 0 Å². The van der Waals surface area contributed by atoms with Crippen molar-refractivity contribution in [1.29, 1.82) is 0 Å². The minimum absolute atomic E-state index is 0.0109. The number of hydrogen-bond donors (Lipinski definition) is 3. The first-order valence-electron chi connectivity index (χ1n) is 16.9. The van der Waals surface area contributed by atoms with Gasteiger partial charge in [0.1, 0.15) is 6.61 Å². The molecular weight excluding hydrogens is 586 g/mol. The van der Waals surface area contributed by atoms with E-state index in [0.717, 1.165) is 43.8 Å². The molecule has 10 nitrogen and oxygen atoms in total. The predicted molar refractivity (Wildman–Crippen MR) is 188 cm³/mol. The van der Waals surface area contributed by atoms with Crippen molar-refractivity contribution in [3.8, 4) is 0 Å². The van der Waals surface area contributed by atoms with Crippen LogP contribution in [0.25, 0.3) is 0 Å². The van der Waals surface area contributed by atoms with Crippen molar-refractivity contribution < 1.29 is 33.2 Å². The molecule has 0 unspecified atom stereocenters. The van der Waals surface area contributed by atoms with E-state index in [1.807, 2.05) is 7.05 Å². The van der Waals surface area contributed by atoms with E-state index >= 15 is 0 Å². The Labute approximate surface area is 282 Å². The Hall–Kier alpha value is -1.69. The van der Waals surface area contributed by atoms with E-state index in [1.54, 1.807) is 0 Å². The number of nitrogens with one attached hydrogen (secondary N) is 3. The van der Waals surface area contributed by atoms with Gasteiger partial charge in [-0.15, -0.1) is 0 Å². The fourth-order valence-electron chi connectivity index (χ4n) is 4.21. The maximum Gasteiger partial charge on any atom is 0.246 e. The zero-order valence-corrected chi connectivity index (χ0v) is 31.3. The Bertz CT molecular complexity index is 843. The van der Waals surface area contributed by atoms with Crippen LogP contribution in [0, 0.1) is 21.7 Å². The molecule has 0 aromatic heterocycles. The van der Waals surface area contributed by atoms with Crippen LogP contribution in [0.1, 0.15) is 81.6 Å². The Morgan fingerprint density at radius 2 is 1.04 bits per heavy atom. The molecule has 10 heteroatoms. The summed E-state index contributed by atoms with van der Waals surface area (Å²) in [5.74, 6) is -0.144. The lowest BCUT2D eigenvalue weighted by molar-refractivity contribution is -0.126. The zero-order valence-electron chi connectivity index (χ0n) is 31.3. The molecule has 0 atom stereocenters. The third kappa shape index (κ3) is 26.4. The molecule has 1 amide bonds. The van der Waals surface area contributed by atoms with Gasteiger partial charge in [0.25, 0.3) is 0 Å². The quantitative estimate of drug-likeness (QED) is 0.0853. The molecular formula is C36H71N3O7. The number of rotatable bonds is 31. The zero-order chi connectivity index (χ0) is 35.1. The second kappa shape index (κ2) is 23.6. The van der Waals surface area contributed by atoms with Crippen LogP contribution in [-0.4, -0.2) is 105 Å². The van der Waals surface area contributed by atoms with Crippen molar-refractivity contribution in [3.05, 3.63) is 24.6 Å². The summed E-state index contributed by atoms with van der Waals surface area (Å²) >= 11 is 0. The van der Waals surface area contributed by atoms with Gasteiger partial charge in [-0.05, 0) is 18.3 Å². The van der Waals surface area contributed by atoms with Crippen LogP contribution in [0.15, 0.2) is 24.6 Å². The highest BCUT2D eigenvalue weighted by atomic mass is 16.5. The highest BCUT2D eigenvalue weighted by Gasteiger charge is 2.26. The lowest BCUT2D eigenvalue weighted by Crippen LogP contribution is -2.39. The average molecular weight is 658 g/mol. The minimum atomic E-state index is -0.215. The van der Waals surface area contributed by atoms with Crippen LogP contribution in [0.5, 0.6) is 0 Å². The van der Waals surface area contributed by atoms with Crippen molar-refractivity contribution >= 4 is 5.91 Å². The molecule has 272 valence electrons. The molecule has 0 aliphatic heterocycles. The second-order valence-corrected chi connectivity index (χ2v) is 15.5. The van der Waals surface area contributed by atoms with E-state index in [-0.39, 0.29) is 34.2 Å². The summed E-state index contributed by atoms with van der Waals surface area (Å²) in [4.78, 5) is 12.2. The Morgan fingerprint density at radius 3 is 1.63 bits per heavy atom. The van der Waals surface area contributed by atoms with Gasteiger partial charge in [0.15, 0.2) is 0 Å². The fourth-order valence-corrected chi connectivity index (χ4v) is 4.21. The first-order chi connectivity index (χ1) is 21.4. The van der Waals surface area contributed by atoms with Gasteiger partial charge in [0, 0.05) is 60.8 Å². The smallest absolute Gasteiger partial charge is 0.246 e. The summed E-state index contributed by atoms with van der Waals surface area (Å²) in [5.41, 5.74) is 1.50. The first-order valence-corrected chi connectivity index (χ1v) is 16.9. The monoisotopic (exact) mass is 658 g/mol. The number of carbonyl (C=O) groups excluding carboxylic acids is 1. The van der Waals surface area contributed by atoms with Crippen LogP contribution < -0.4 is 16.0 Å². The molecule has 0 aliphatic carbocycles. The van der Waals surface area contributed by atoms with E-state index in [0.29, 0.717) is 72.6 Å². The number of carbonyl (C=O) groups is 1. The van der Waals surface area contributed by atoms with E-state index in [4.69, 9.17) is 28.4 Å². The topological polar surface area (TPSA) is 109 Å². The maximum atomic E-state index is 12.2. The predicted octanol–water partition coefficient (Wildman–Crippen LogP) is 5.33. The summed E-state index contributed by atoms with van der Waals surface area (Å²) in [6.45, 7) is 35.2. The lowest BCUT2D eigenvalue weighted by Gasteiger charge is -2.32. The second-order valence-electron chi connectivity index (χ2n) is 15.5. The highest BCUT2D eigenvalue weighted by Crippen LogP contribution is 2.26. The third-order valence-corrected chi connectivity index (χ3v) is 6.96. The van der Waals surface area contributed by atoms with Gasteiger partial charge in [-0.25, -0.2) is 0 Å². The van der Waals surface area contributed by atoms with Crippen LogP contribution in [0.3, 0.4) is 0 Å². The normalized spacial score (nSPS) is 12.7. The molecule has 0 aromatic carbocycles. The van der Waals surface area contributed by atoms with Gasteiger partial charge in [-0.1, -0.05) is 75.5 Å². The number of hydrogen-bond acceptors (Lipinski definition) is 9. The molecule has 0 heterocycles. The van der Waals surface area contributed by atoms with Crippen molar-refractivity contribution in [2.75, 3.05) is 99.4 Å². The highest BCUT2D eigenvalue weighted by molar-refractivity contribution is 5.77. The third-order valence-electron chi connectivity index (χ3n) is 6.96. The van der Waals surface area contributed by atoms with E-state index in [2.05, 4.69) is 91.4 Å². The van der Waals surface area contributed by atoms with Gasteiger partial charge in [-0.3, -0.25) is 4.79 Å². The molecule has 0 radical (unpaired) electrons. The van der Waals surface area contributed by atoms with Gasteiger partial charge in [0.05, 0.1) is 66.1 Å².